The summed E-state index contributed by atoms with van der Waals surface area (Å²) < 4.78 is 19.5. The van der Waals surface area contributed by atoms with Crippen molar-refractivity contribution < 1.29 is 19.0 Å². The molecule has 1 N–H and O–H groups in total. The molecule has 40 heavy (non-hydrogen) atoms. The fraction of sp³-hybridized carbons (Fsp3) is 0.500. The number of nitrogens with zero attached hydrogens (tertiary/aromatic N) is 4. The lowest BCUT2D eigenvalue weighted by Crippen LogP contribution is -2.44. The highest BCUT2D eigenvalue weighted by atomic mass is 35.5. The molecule has 6 rings (SSSR count). The van der Waals surface area contributed by atoms with Crippen molar-refractivity contribution in [3.8, 4) is 11.3 Å². The van der Waals surface area contributed by atoms with Gasteiger partial charge in [-0.2, -0.15) is 0 Å². The first-order valence-electron chi connectivity index (χ1n) is 14.2. The van der Waals surface area contributed by atoms with Crippen LogP contribution in [0.5, 0.6) is 0 Å². The third-order valence-corrected chi connectivity index (χ3v) is 8.18. The fourth-order valence-electron chi connectivity index (χ4n) is 5.71. The van der Waals surface area contributed by atoms with Gasteiger partial charge in [0.2, 0.25) is 5.95 Å². The minimum absolute atomic E-state index is 0.0390. The number of benzene rings is 1. The number of aryl methyl sites for hydroxylation is 1. The number of carbonyl (C=O) groups is 1. The molecule has 0 spiro atoms. The van der Waals surface area contributed by atoms with Gasteiger partial charge in [-0.25, -0.2) is 9.97 Å². The van der Waals surface area contributed by atoms with Crippen molar-refractivity contribution in [3.63, 3.8) is 0 Å². The summed E-state index contributed by atoms with van der Waals surface area (Å²) in [5.74, 6) is 0.565. The van der Waals surface area contributed by atoms with Gasteiger partial charge in [0.15, 0.2) is 6.29 Å². The summed E-state index contributed by atoms with van der Waals surface area (Å²) in [7, 11) is 0. The van der Waals surface area contributed by atoms with E-state index >= 15 is 0 Å². The number of anilines is 1. The number of nitrogens with one attached hydrogen (secondary N) is 1. The van der Waals surface area contributed by atoms with Gasteiger partial charge in [-0.05, 0) is 68.4 Å². The first-order chi connectivity index (χ1) is 19.5. The Hall–Kier alpha value is -2.98. The highest BCUT2D eigenvalue weighted by Gasteiger charge is 2.33. The van der Waals surface area contributed by atoms with Crippen molar-refractivity contribution >= 4 is 23.5 Å². The summed E-state index contributed by atoms with van der Waals surface area (Å²) in [6.45, 7) is 5.78. The molecule has 2 atom stereocenters. The van der Waals surface area contributed by atoms with Gasteiger partial charge in [-0.1, -0.05) is 23.7 Å². The highest BCUT2D eigenvalue weighted by molar-refractivity contribution is 6.30. The SMILES string of the molecule is Cc1cnc(NC2CCOCC2)nc1-c1cc2n(c1)CCN([C@H](COC1CCCCO1)c1cccc(Cl)c1)C2=O. The van der Waals surface area contributed by atoms with E-state index in [-0.39, 0.29) is 18.2 Å². The van der Waals surface area contributed by atoms with Crippen LogP contribution >= 0.6 is 11.6 Å². The molecule has 9 nitrogen and oxygen atoms in total. The molecule has 0 saturated carbocycles. The van der Waals surface area contributed by atoms with Crippen molar-refractivity contribution in [2.75, 3.05) is 38.3 Å². The van der Waals surface area contributed by atoms with Crippen LogP contribution in [0.2, 0.25) is 5.02 Å². The van der Waals surface area contributed by atoms with Crippen molar-refractivity contribution in [2.24, 2.45) is 0 Å². The van der Waals surface area contributed by atoms with Gasteiger partial charge in [0.05, 0.1) is 18.3 Å². The topological polar surface area (TPSA) is 90.7 Å². The van der Waals surface area contributed by atoms with Gasteiger partial charge >= 0.3 is 0 Å². The molecule has 1 amide bonds. The van der Waals surface area contributed by atoms with E-state index in [1.165, 1.54) is 0 Å². The molecule has 212 valence electrons. The normalized spacial score (nSPS) is 20.8. The van der Waals surface area contributed by atoms with Gasteiger partial charge in [-0.15, -0.1) is 0 Å². The van der Waals surface area contributed by atoms with Crippen LogP contribution in [0.25, 0.3) is 11.3 Å². The second-order valence-electron chi connectivity index (χ2n) is 10.8. The quantitative estimate of drug-likeness (QED) is 0.399. The van der Waals surface area contributed by atoms with Crippen molar-refractivity contribution in [1.29, 1.82) is 0 Å². The molecule has 0 bridgehead atoms. The standard InChI is InChI=1S/C30H36ClN5O4/c1-20-17-32-30(33-24-8-13-38-14-9-24)34-28(20)22-16-25-29(37)36(11-10-35(25)18-22)26(21-5-4-6-23(31)15-21)19-40-27-7-2-3-12-39-27/h4-6,15-18,24,26-27H,2-3,7-14,19H2,1H3,(H,32,33,34)/t26-,27?/m1/s1. The molecule has 5 heterocycles. The number of ether oxygens (including phenoxy) is 3. The van der Waals surface area contributed by atoms with Crippen LogP contribution in [-0.4, -0.2) is 70.6 Å². The van der Waals surface area contributed by atoms with E-state index in [4.69, 9.17) is 30.8 Å². The summed E-state index contributed by atoms with van der Waals surface area (Å²) in [6, 6.07) is 9.65. The van der Waals surface area contributed by atoms with Gasteiger partial charge in [0, 0.05) is 61.9 Å². The smallest absolute Gasteiger partial charge is 0.271 e. The molecule has 2 fully saturated rings. The molecule has 3 aromatic rings. The van der Waals surface area contributed by atoms with Crippen LogP contribution in [0.1, 0.15) is 59.8 Å². The Morgan fingerprint density at radius 1 is 1.15 bits per heavy atom. The zero-order chi connectivity index (χ0) is 27.5. The molecule has 0 radical (unpaired) electrons. The monoisotopic (exact) mass is 565 g/mol. The summed E-state index contributed by atoms with van der Waals surface area (Å²) in [5.41, 5.74) is 4.29. The third-order valence-electron chi connectivity index (χ3n) is 7.95. The molecule has 3 aliphatic rings. The summed E-state index contributed by atoms with van der Waals surface area (Å²) in [5, 5.41) is 4.09. The first kappa shape index (κ1) is 27.2. The molecule has 0 aliphatic carbocycles. The zero-order valence-corrected chi connectivity index (χ0v) is 23.6. The van der Waals surface area contributed by atoms with Crippen molar-refractivity contribution in [1.82, 2.24) is 19.4 Å². The van der Waals surface area contributed by atoms with Crippen LogP contribution < -0.4 is 5.32 Å². The molecule has 3 aliphatic heterocycles. The zero-order valence-electron chi connectivity index (χ0n) is 22.9. The lowest BCUT2D eigenvalue weighted by Gasteiger charge is -2.36. The number of hydrogen-bond donors (Lipinski definition) is 1. The number of amides is 1. The Balaban J connectivity index is 1.24. The van der Waals surface area contributed by atoms with Gasteiger partial charge in [0.25, 0.3) is 5.91 Å². The molecular formula is C30H36ClN5O4. The fourth-order valence-corrected chi connectivity index (χ4v) is 5.91. The van der Waals surface area contributed by atoms with Crippen LogP contribution in [0.3, 0.4) is 0 Å². The largest absolute Gasteiger partial charge is 0.381 e. The predicted octanol–water partition coefficient (Wildman–Crippen LogP) is 5.24. The van der Waals surface area contributed by atoms with E-state index in [0.29, 0.717) is 49.0 Å². The average molecular weight is 566 g/mol. The second-order valence-corrected chi connectivity index (χ2v) is 11.2. The Morgan fingerprint density at radius 3 is 2.83 bits per heavy atom. The number of fused-ring (bicyclic) bond motifs is 1. The van der Waals surface area contributed by atoms with E-state index in [0.717, 1.165) is 67.7 Å². The summed E-state index contributed by atoms with van der Waals surface area (Å²) in [4.78, 5) is 25.2. The minimum atomic E-state index is -0.278. The van der Waals surface area contributed by atoms with E-state index < -0.39 is 0 Å². The van der Waals surface area contributed by atoms with E-state index in [1.807, 2.05) is 59.1 Å². The molecule has 1 unspecified atom stereocenters. The van der Waals surface area contributed by atoms with Crippen molar-refractivity contribution in [2.45, 2.75) is 63.9 Å². The maximum absolute atomic E-state index is 14.0. The van der Waals surface area contributed by atoms with Gasteiger partial charge in [-0.3, -0.25) is 4.79 Å². The number of halogens is 1. The van der Waals surface area contributed by atoms with Gasteiger partial charge < -0.3 is 29.0 Å². The molecule has 2 saturated heterocycles. The van der Waals surface area contributed by atoms with Crippen LogP contribution in [0.4, 0.5) is 5.95 Å². The maximum Gasteiger partial charge on any atom is 0.271 e. The van der Waals surface area contributed by atoms with Crippen LogP contribution in [0, 0.1) is 6.92 Å². The lowest BCUT2D eigenvalue weighted by molar-refractivity contribution is -0.170. The number of carbonyl (C=O) groups excluding carboxylic acids is 1. The van der Waals surface area contributed by atoms with Crippen LogP contribution in [0.15, 0.2) is 42.7 Å². The lowest BCUT2D eigenvalue weighted by atomic mass is 10.0. The van der Waals surface area contributed by atoms with Gasteiger partial charge in [0.1, 0.15) is 5.69 Å². The van der Waals surface area contributed by atoms with Crippen LogP contribution in [-0.2, 0) is 20.8 Å². The van der Waals surface area contributed by atoms with E-state index in [9.17, 15) is 4.79 Å². The Bertz CT molecular complexity index is 1340. The number of rotatable bonds is 8. The predicted molar refractivity (Wildman–Crippen MR) is 152 cm³/mol. The summed E-state index contributed by atoms with van der Waals surface area (Å²) in [6.07, 6.45) is 8.50. The number of aromatic nitrogens is 3. The summed E-state index contributed by atoms with van der Waals surface area (Å²) >= 11 is 6.36. The molecule has 1 aromatic carbocycles. The maximum atomic E-state index is 14.0. The third kappa shape index (κ3) is 6.02. The Morgan fingerprint density at radius 2 is 2.02 bits per heavy atom. The average Bonchev–Trinajstić information content (AvgIpc) is 3.42. The first-order valence-corrected chi connectivity index (χ1v) is 14.6. The Kier molecular flexibility index (Phi) is 8.34. The molecule has 10 heteroatoms. The van der Waals surface area contributed by atoms with E-state index in [2.05, 4.69) is 10.3 Å². The van der Waals surface area contributed by atoms with Crippen molar-refractivity contribution in [3.05, 3.63) is 64.6 Å². The highest BCUT2D eigenvalue weighted by Crippen LogP contribution is 2.32. The number of hydrogen-bond acceptors (Lipinski definition) is 7. The minimum Gasteiger partial charge on any atom is -0.381 e. The second kappa shape index (κ2) is 12.3. The molecular weight excluding hydrogens is 530 g/mol. The molecule has 2 aromatic heterocycles. The van der Waals surface area contributed by atoms with E-state index in [1.54, 1.807) is 0 Å². The Labute approximate surface area is 239 Å².